The van der Waals surface area contributed by atoms with Gasteiger partial charge in [0.15, 0.2) is 5.65 Å². The van der Waals surface area contributed by atoms with Crippen molar-refractivity contribution in [2.24, 2.45) is 0 Å². The Morgan fingerprint density at radius 2 is 2.15 bits per heavy atom. The number of rotatable bonds is 4. The van der Waals surface area contributed by atoms with E-state index in [4.69, 9.17) is 4.98 Å². The van der Waals surface area contributed by atoms with E-state index in [9.17, 15) is 0 Å². The first-order valence-corrected chi connectivity index (χ1v) is 7.07. The fourth-order valence-electron chi connectivity index (χ4n) is 2.42. The second kappa shape index (κ2) is 4.77. The lowest BCUT2D eigenvalue weighted by Crippen LogP contribution is -2.02. The van der Waals surface area contributed by atoms with Crippen LogP contribution in [0.2, 0.25) is 0 Å². The van der Waals surface area contributed by atoms with Crippen molar-refractivity contribution >= 4 is 11.2 Å². The number of nitrogens with one attached hydrogen (secondary N) is 1. The molecule has 0 atom stereocenters. The zero-order valence-corrected chi connectivity index (χ0v) is 12.4. The molecule has 1 N–H and O–H groups in total. The molecule has 0 aliphatic carbocycles. The molecular weight excluding hydrogens is 252 g/mol. The smallest absolute Gasteiger partial charge is 0.177 e. The van der Waals surface area contributed by atoms with Gasteiger partial charge in [0.25, 0.3) is 0 Å². The van der Waals surface area contributed by atoms with Gasteiger partial charge in [0.05, 0.1) is 17.5 Å². The second-order valence-electron chi connectivity index (χ2n) is 5.40. The Kier molecular flexibility index (Phi) is 3.08. The van der Waals surface area contributed by atoms with Gasteiger partial charge in [-0.3, -0.25) is 4.68 Å². The van der Waals surface area contributed by atoms with Crippen LogP contribution in [-0.4, -0.2) is 29.5 Å². The Hall–Kier alpha value is -2.11. The van der Waals surface area contributed by atoms with Crippen molar-refractivity contribution in [1.29, 1.82) is 0 Å². The van der Waals surface area contributed by atoms with Crippen LogP contribution in [0.5, 0.6) is 0 Å². The quantitative estimate of drug-likeness (QED) is 0.794. The highest BCUT2D eigenvalue weighted by molar-refractivity contribution is 5.76. The van der Waals surface area contributed by atoms with Gasteiger partial charge in [-0.2, -0.15) is 10.2 Å². The van der Waals surface area contributed by atoms with Crippen molar-refractivity contribution in [3.8, 4) is 11.4 Å². The molecule has 3 rings (SSSR count). The van der Waals surface area contributed by atoms with E-state index in [1.807, 2.05) is 22.5 Å². The van der Waals surface area contributed by atoms with E-state index in [0.717, 1.165) is 41.2 Å². The summed E-state index contributed by atoms with van der Waals surface area (Å²) < 4.78 is 3.91. The van der Waals surface area contributed by atoms with E-state index < -0.39 is 0 Å². The number of hydrogen-bond donors (Lipinski definition) is 1. The number of hydrogen-bond acceptors (Lipinski definition) is 3. The molecular formula is C14H20N6. The van der Waals surface area contributed by atoms with Crippen LogP contribution in [0.4, 0.5) is 0 Å². The minimum absolute atomic E-state index is 0.299. The Bertz CT molecular complexity index is 730. The van der Waals surface area contributed by atoms with Crippen molar-refractivity contribution in [1.82, 2.24) is 29.5 Å². The summed E-state index contributed by atoms with van der Waals surface area (Å²) in [5.41, 5.74) is 3.93. The lowest BCUT2D eigenvalue weighted by atomic mass is 10.2. The number of imidazole rings is 1. The van der Waals surface area contributed by atoms with Crippen LogP contribution >= 0.6 is 0 Å². The Morgan fingerprint density at radius 3 is 2.85 bits per heavy atom. The summed E-state index contributed by atoms with van der Waals surface area (Å²) >= 11 is 0. The summed E-state index contributed by atoms with van der Waals surface area (Å²) in [5.74, 6) is 0.867. The van der Waals surface area contributed by atoms with Gasteiger partial charge in [0.2, 0.25) is 0 Å². The molecule has 0 saturated heterocycles. The van der Waals surface area contributed by atoms with Crippen LogP contribution in [-0.2, 0) is 6.54 Å². The van der Waals surface area contributed by atoms with Crippen molar-refractivity contribution in [2.75, 3.05) is 0 Å². The van der Waals surface area contributed by atoms with Crippen LogP contribution in [0.25, 0.3) is 22.6 Å². The van der Waals surface area contributed by atoms with E-state index in [-0.39, 0.29) is 0 Å². The molecule has 6 nitrogen and oxygen atoms in total. The third kappa shape index (κ3) is 2.01. The summed E-state index contributed by atoms with van der Waals surface area (Å²) in [4.78, 5) is 8.03. The lowest BCUT2D eigenvalue weighted by molar-refractivity contribution is 0.547. The molecule has 0 saturated carbocycles. The van der Waals surface area contributed by atoms with Crippen LogP contribution in [0.15, 0.2) is 12.4 Å². The predicted octanol–water partition coefficient (Wildman–Crippen LogP) is 2.92. The van der Waals surface area contributed by atoms with Gasteiger partial charge in [-0.25, -0.2) is 9.67 Å². The monoisotopic (exact) mass is 272 g/mol. The van der Waals surface area contributed by atoms with E-state index >= 15 is 0 Å². The molecule has 0 aromatic carbocycles. The van der Waals surface area contributed by atoms with Gasteiger partial charge in [-0.05, 0) is 27.2 Å². The lowest BCUT2D eigenvalue weighted by Gasteiger charge is -2.03. The molecule has 0 unspecified atom stereocenters. The number of aromatic nitrogens is 6. The molecule has 3 heterocycles. The largest absolute Gasteiger partial charge is 0.335 e. The highest BCUT2D eigenvalue weighted by Gasteiger charge is 2.15. The highest BCUT2D eigenvalue weighted by Crippen LogP contribution is 2.24. The summed E-state index contributed by atoms with van der Waals surface area (Å²) in [6.07, 6.45) is 4.96. The summed E-state index contributed by atoms with van der Waals surface area (Å²) in [6, 6.07) is 0.299. The van der Waals surface area contributed by atoms with Gasteiger partial charge >= 0.3 is 0 Å². The zero-order valence-electron chi connectivity index (χ0n) is 12.4. The molecule has 3 aromatic rings. The summed E-state index contributed by atoms with van der Waals surface area (Å²) in [7, 11) is 0. The van der Waals surface area contributed by atoms with Gasteiger partial charge < -0.3 is 4.98 Å². The number of H-pyrrole nitrogens is 1. The summed E-state index contributed by atoms with van der Waals surface area (Å²) in [5, 5.41) is 8.87. The maximum atomic E-state index is 4.69. The molecule has 0 spiro atoms. The first kappa shape index (κ1) is 12.9. The SMILES string of the molecule is CCCn1cc(-c2nc3c(cnn3C(C)C)[nH]2)c(C)n1. The van der Waals surface area contributed by atoms with E-state index in [0.29, 0.717) is 6.04 Å². The zero-order chi connectivity index (χ0) is 14.3. The average molecular weight is 272 g/mol. The Balaban J connectivity index is 2.06. The topological polar surface area (TPSA) is 64.3 Å². The highest BCUT2D eigenvalue weighted by atomic mass is 15.3. The van der Waals surface area contributed by atoms with Crippen molar-refractivity contribution in [3.63, 3.8) is 0 Å². The third-order valence-corrected chi connectivity index (χ3v) is 3.38. The normalized spacial score (nSPS) is 11.8. The minimum atomic E-state index is 0.299. The first-order valence-electron chi connectivity index (χ1n) is 7.07. The molecule has 0 aliphatic heterocycles. The van der Waals surface area contributed by atoms with Crippen LogP contribution in [0.3, 0.4) is 0 Å². The van der Waals surface area contributed by atoms with Crippen molar-refractivity contribution in [2.45, 2.75) is 46.7 Å². The van der Waals surface area contributed by atoms with Crippen LogP contribution in [0, 0.1) is 6.92 Å². The van der Waals surface area contributed by atoms with E-state index in [1.54, 1.807) is 0 Å². The molecule has 20 heavy (non-hydrogen) atoms. The fraction of sp³-hybridized carbons (Fsp3) is 0.500. The molecule has 106 valence electrons. The third-order valence-electron chi connectivity index (χ3n) is 3.38. The standard InChI is InChI=1S/C14H20N6/c1-5-6-19-8-11(10(4)18-19)13-16-12-7-15-20(9(2)3)14(12)17-13/h7-9H,5-6H2,1-4H3,(H,16,17). The Morgan fingerprint density at radius 1 is 1.35 bits per heavy atom. The van der Waals surface area contributed by atoms with Crippen molar-refractivity contribution in [3.05, 3.63) is 18.1 Å². The predicted molar refractivity (Wildman–Crippen MR) is 78.5 cm³/mol. The van der Waals surface area contributed by atoms with Gasteiger partial charge in [0.1, 0.15) is 11.3 Å². The number of fused-ring (bicyclic) bond motifs is 1. The molecule has 0 fully saturated rings. The van der Waals surface area contributed by atoms with Crippen LogP contribution in [0.1, 0.15) is 38.9 Å². The van der Waals surface area contributed by atoms with Gasteiger partial charge in [0, 0.05) is 18.8 Å². The molecule has 3 aromatic heterocycles. The van der Waals surface area contributed by atoms with E-state index in [2.05, 4.69) is 42.1 Å². The molecule has 0 amide bonds. The molecule has 6 heteroatoms. The number of nitrogens with zero attached hydrogens (tertiary/aromatic N) is 5. The molecule has 0 aliphatic rings. The molecule has 0 bridgehead atoms. The maximum absolute atomic E-state index is 4.69. The van der Waals surface area contributed by atoms with Crippen molar-refractivity contribution < 1.29 is 0 Å². The number of aromatic amines is 1. The summed E-state index contributed by atoms with van der Waals surface area (Å²) in [6.45, 7) is 9.30. The van der Waals surface area contributed by atoms with E-state index in [1.165, 1.54) is 0 Å². The second-order valence-corrected chi connectivity index (χ2v) is 5.40. The maximum Gasteiger partial charge on any atom is 0.177 e. The van der Waals surface area contributed by atoms with Crippen LogP contribution < -0.4 is 0 Å². The Labute approximate surface area is 117 Å². The fourth-order valence-corrected chi connectivity index (χ4v) is 2.42. The van der Waals surface area contributed by atoms with Gasteiger partial charge in [-0.15, -0.1) is 0 Å². The minimum Gasteiger partial charge on any atom is -0.335 e. The van der Waals surface area contributed by atoms with Gasteiger partial charge in [-0.1, -0.05) is 6.92 Å². The average Bonchev–Trinajstić information content (AvgIpc) is 3.01. The number of aryl methyl sites for hydroxylation is 2. The molecule has 0 radical (unpaired) electrons. The first-order chi connectivity index (χ1) is 9.60.